The van der Waals surface area contributed by atoms with Crippen LogP contribution in [-0.2, 0) is 10.9 Å². The van der Waals surface area contributed by atoms with Crippen LogP contribution in [-0.4, -0.2) is 40.1 Å². The number of hydrogen-bond donors (Lipinski definition) is 3. The van der Waals surface area contributed by atoms with E-state index in [9.17, 15) is 18.0 Å². The maximum absolute atomic E-state index is 11.8. The van der Waals surface area contributed by atoms with Gasteiger partial charge >= 0.3 is 6.18 Å². The third-order valence-corrected chi connectivity index (χ3v) is 2.74. The number of hydrogen-bond acceptors (Lipinski definition) is 4. The summed E-state index contributed by atoms with van der Waals surface area (Å²) >= 11 is 0. The summed E-state index contributed by atoms with van der Waals surface area (Å²) in [6.07, 6.45) is -3.67. The van der Waals surface area contributed by atoms with E-state index in [-0.39, 0.29) is 6.10 Å². The van der Waals surface area contributed by atoms with Crippen molar-refractivity contribution in [3.8, 4) is 0 Å². The van der Waals surface area contributed by atoms with Gasteiger partial charge in [0.2, 0.25) is 5.56 Å². The Balaban J connectivity index is 0.000000365. The molecule has 1 aliphatic rings. The average Bonchev–Trinajstić information content (AvgIpc) is 2.45. The van der Waals surface area contributed by atoms with E-state index in [4.69, 9.17) is 14.9 Å². The van der Waals surface area contributed by atoms with Gasteiger partial charge in [-0.1, -0.05) is 12.1 Å². The molecule has 2 heterocycles. The first-order valence-electron chi connectivity index (χ1n) is 6.94. The highest BCUT2D eigenvalue weighted by Gasteiger charge is 2.31. The van der Waals surface area contributed by atoms with Crippen LogP contribution in [0.1, 0.15) is 26.0 Å². The fourth-order valence-electron chi connectivity index (χ4n) is 1.57. The van der Waals surface area contributed by atoms with Gasteiger partial charge in [-0.25, -0.2) is 0 Å². The van der Waals surface area contributed by atoms with Gasteiger partial charge in [0.15, 0.2) is 0 Å². The Morgan fingerprint density at radius 3 is 2.30 bits per heavy atom. The van der Waals surface area contributed by atoms with E-state index < -0.39 is 29.6 Å². The zero-order valence-corrected chi connectivity index (χ0v) is 13.0. The lowest BCUT2D eigenvalue weighted by Crippen LogP contribution is -2.42. The van der Waals surface area contributed by atoms with E-state index in [1.165, 1.54) is 0 Å². The number of alkyl halides is 3. The van der Waals surface area contributed by atoms with Crippen molar-refractivity contribution in [2.45, 2.75) is 44.8 Å². The van der Waals surface area contributed by atoms with Crippen molar-refractivity contribution < 1.29 is 28.1 Å². The summed E-state index contributed by atoms with van der Waals surface area (Å²) in [5, 5.41) is 18.1. The van der Waals surface area contributed by atoms with Crippen molar-refractivity contribution in [3.05, 3.63) is 46.9 Å². The second-order valence-corrected chi connectivity index (χ2v) is 4.76. The van der Waals surface area contributed by atoms with Crippen LogP contribution in [0.5, 0.6) is 0 Å². The van der Waals surface area contributed by atoms with Crippen molar-refractivity contribution >= 4 is 0 Å². The minimum atomic E-state index is -4.47. The lowest BCUT2D eigenvalue weighted by atomic mass is 10.0. The molecular formula is C15H22F3NO4. The number of aromatic nitrogens is 1. The second-order valence-electron chi connectivity index (χ2n) is 4.76. The topological polar surface area (TPSA) is 82.5 Å². The molecule has 2 rings (SSSR count). The fourth-order valence-corrected chi connectivity index (χ4v) is 1.57. The molecule has 0 amide bonds. The molecule has 1 aromatic heterocycles. The number of ether oxygens (including phenoxy) is 1. The second kappa shape index (κ2) is 10.2. The van der Waals surface area contributed by atoms with Crippen LogP contribution in [0, 0.1) is 0 Å². The summed E-state index contributed by atoms with van der Waals surface area (Å²) in [5.74, 6) is 0. The maximum atomic E-state index is 11.8. The SMILES string of the molecule is C=CC.CC1OCCC(O)C1O.O=c1cccc(C(F)(F)F)[nH]1. The number of pyridine rings is 1. The maximum Gasteiger partial charge on any atom is 0.431 e. The summed E-state index contributed by atoms with van der Waals surface area (Å²) in [6, 6.07) is 2.89. The third kappa shape index (κ3) is 8.53. The predicted molar refractivity (Wildman–Crippen MR) is 80.0 cm³/mol. The molecule has 23 heavy (non-hydrogen) atoms. The van der Waals surface area contributed by atoms with Crippen LogP contribution in [0.3, 0.4) is 0 Å². The van der Waals surface area contributed by atoms with Crippen LogP contribution in [0.15, 0.2) is 35.6 Å². The first-order valence-corrected chi connectivity index (χ1v) is 6.94. The molecule has 3 unspecified atom stereocenters. The first kappa shape index (κ1) is 21.4. The van der Waals surface area contributed by atoms with Gasteiger partial charge in [-0.05, 0) is 26.3 Å². The Kier molecular flexibility index (Phi) is 9.47. The lowest BCUT2D eigenvalue weighted by molar-refractivity contribution is -0.141. The van der Waals surface area contributed by atoms with Crippen LogP contribution in [0.25, 0.3) is 0 Å². The zero-order chi connectivity index (χ0) is 18.0. The van der Waals surface area contributed by atoms with Crippen LogP contribution >= 0.6 is 0 Å². The van der Waals surface area contributed by atoms with Gasteiger partial charge in [0, 0.05) is 12.7 Å². The smallest absolute Gasteiger partial charge is 0.390 e. The summed E-state index contributed by atoms with van der Waals surface area (Å²) in [7, 11) is 0. The van der Waals surface area contributed by atoms with Gasteiger partial charge in [0.25, 0.3) is 0 Å². The Bertz CT molecular complexity index is 506. The van der Waals surface area contributed by atoms with Gasteiger partial charge in [0.05, 0.1) is 12.2 Å². The van der Waals surface area contributed by atoms with E-state index in [1.807, 2.05) is 6.92 Å². The summed E-state index contributed by atoms with van der Waals surface area (Å²) in [5.41, 5.74) is -1.77. The van der Waals surface area contributed by atoms with Gasteiger partial charge in [-0.3, -0.25) is 4.79 Å². The minimum absolute atomic E-state index is 0.214. The van der Waals surface area contributed by atoms with Crippen LogP contribution < -0.4 is 5.56 Å². The number of rotatable bonds is 0. The molecule has 8 heteroatoms. The summed E-state index contributed by atoms with van der Waals surface area (Å²) in [6.45, 7) is 7.56. The third-order valence-electron chi connectivity index (χ3n) is 2.74. The highest BCUT2D eigenvalue weighted by atomic mass is 19.4. The fraction of sp³-hybridized carbons (Fsp3) is 0.533. The quantitative estimate of drug-likeness (QED) is 0.633. The largest absolute Gasteiger partial charge is 0.431 e. The average molecular weight is 337 g/mol. The van der Waals surface area contributed by atoms with Crippen molar-refractivity contribution in [2.24, 2.45) is 0 Å². The van der Waals surface area contributed by atoms with Crippen LogP contribution in [0.4, 0.5) is 13.2 Å². The molecule has 0 spiro atoms. The van der Waals surface area contributed by atoms with E-state index in [2.05, 4.69) is 6.58 Å². The van der Waals surface area contributed by atoms with Gasteiger partial charge in [-0.2, -0.15) is 13.2 Å². The highest BCUT2D eigenvalue weighted by molar-refractivity contribution is 5.06. The number of nitrogens with one attached hydrogen (secondary N) is 1. The predicted octanol–water partition coefficient (Wildman–Crippen LogP) is 2.10. The van der Waals surface area contributed by atoms with Crippen molar-refractivity contribution in [1.82, 2.24) is 4.98 Å². The highest BCUT2D eigenvalue weighted by Crippen LogP contribution is 2.25. The zero-order valence-electron chi connectivity index (χ0n) is 13.0. The van der Waals surface area contributed by atoms with Gasteiger partial charge in [-0.15, -0.1) is 6.58 Å². The molecule has 5 nitrogen and oxygen atoms in total. The molecule has 1 fully saturated rings. The molecule has 0 aromatic carbocycles. The summed E-state index contributed by atoms with van der Waals surface area (Å²) < 4.78 is 40.4. The Hall–Kier alpha value is -1.64. The van der Waals surface area contributed by atoms with E-state index in [1.54, 1.807) is 18.0 Å². The Labute approximate surface area is 132 Å². The number of allylic oxidation sites excluding steroid dienone is 1. The lowest BCUT2D eigenvalue weighted by Gasteiger charge is -2.29. The number of aliphatic hydroxyl groups excluding tert-OH is 2. The molecular weight excluding hydrogens is 315 g/mol. The monoisotopic (exact) mass is 337 g/mol. The molecule has 1 aliphatic heterocycles. The normalized spacial score (nSPS) is 23.7. The van der Waals surface area contributed by atoms with E-state index in [0.29, 0.717) is 13.0 Å². The Morgan fingerprint density at radius 1 is 1.39 bits per heavy atom. The Morgan fingerprint density at radius 2 is 1.96 bits per heavy atom. The van der Waals surface area contributed by atoms with Crippen LogP contribution in [0.2, 0.25) is 0 Å². The van der Waals surface area contributed by atoms with Gasteiger partial charge < -0.3 is 19.9 Å². The minimum Gasteiger partial charge on any atom is -0.390 e. The number of aliphatic hydroxyl groups is 2. The van der Waals surface area contributed by atoms with Crippen molar-refractivity contribution in [1.29, 1.82) is 0 Å². The first-order chi connectivity index (χ1) is 10.6. The van der Waals surface area contributed by atoms with Gasteiger partial charge in [0.1, 0.15) is 11.8 Å². The molecule has 1 saturated heterocycles. The summed E-state index contributed by atoms with van der Waals surface area (Å²) in [4.78, 5) is 12.0. The van der Waals surface area contributed by atoms with E-state index >= 15 is 0 Å². The van der Waals surface area contributed by atoms with E-state index in [0.717, 1.165) is 18.2 Å². The van der Waals surface area contributed by atoms with Crippen molar-refractivity contribution in [2.75, 3.05) is 6.61 Å². The number of H-pyrrole nitrogens is 1. The molecule has 0 bridgehead atoms. The molecule has 0 radical (unpaired) electrons. The molecule has 3 atom stereocenters. The molecule has 0 aliphatic carbocycles. The molecule has 1 aromatic rings. The van der Waals surface area contributed by atoms with Crippen molar-refractivity contribution in [3.63, 3.8) is 0 Å². The molecule has 3 N–H and O–H groups in total. The number of aromatic amines is 1. The standard InChI is InChI=1S/C6H4F3NO.C6H12O3.C3H6/c7-6(8,9)4-2-1-3-5(11)10-4;1-4-6(8)5(7)2-3-9-4;1-3-2/h1-3H,(H,10,11);4-8H,2-3H2,1H3;3H,1H2,2H3. The molecule has 0 saturated carbocycles. The molecule has 132 valence electrons. The number of halogens is 3.